The van der Waals surface area contributed by atoms with Crippen LogP contribution in [0.25, 0.3) is 0 Å². The number of rotatable bonds is 33. The predicted molar refractivity (Wildman–Crippen MR) is 169 cm³/mol. The first-order valence-electron chi connectivity index (χ1n) is 17.4. The molecule has 0 aliphatic carbocycles. The van der Waals surface area contributed by atoms with Crippen molar-refractivity contribution in [1.82, 2.24) is 4.90 Å². The van der Waals surface area contributed by atoms with Crippen LogP contribution in [0, 0.1) is 0 Å². The highest BCUT2D eigenvalue weighted by Gasteiger charge is 2.12. The largest absolute Gasteiger partial charge is 0.466 e. The summed E-state index contributed by atoms with van der Waals surface area (Å²) in [5.74, 6) is -0.378. The molecule has 1 N–H and O–H groups in total. The normalized spacial score (nSPS) is 11.3. The van der Waals surface area contributed by atoms with Gasteiger partial charge in [-0.15, -0.1) is 0 Å². The third-order valence-corrected chi connectivity index (χ3v) is 7.57. The zero-order chi connectivity index (χ0) is 30.1. The maximum Gasteiger partial charge on any atom is 0.307 e. The molecule has 0 fully saturated rings. The van der Waals surface area contributed by atoms with Crippen LogP contribution in [0.3, 0.4) is 0 Å². The zero-order valence-electron chi connectivity index (χ0n) is 27.1. The van der Waals surface area contributed by atoms with Gasteiger partial charge in [0.15, 0.2) is 0 Å². The van der Waals surface area contributed by atoms with E-state index in [4.69, 9.17) is 19.3 Å². The summed E-state index contributed by atoms with van der Waals surface area (Å²) in [7, 11) is 0. The summed E-state index contributed by atoms with van der Waals surface area (Å²) in [5.41, 5.74) is 0. The summed E-state index contributed by atoms with van der Waals surface area (Å²) in [5, 5.41) is 8.93. The summed E-state index contributed by atoms with van der Waals surface area (Å²) in [4.78, 5) is 26.5. The van der Waals surface area contributed by atoms with E-state index in [-0.39, 0.29) is 25.2 Å². The molecule has 0 amide bonds. The van der Waals surface area contributed by atoms with Gasteiger partial charge in [-0.25, -0.2) is 0 Å². The molecule has 0 aromatic carbocycles. The van der Waals surface area contributed by atoms with Gasteiger partial charge in [0.1, 0.15) is 0 Å². The standard InChI is InChI=1S/C34H67NO6/c1-3-5-7-9-11-13-15-17-19-21-29-40-33(37)23-25-35(27-31-39-32-28-36)26-24-34(38)41-30-22-20-18-16-14-12-10-8-6-4-2/h36H,3-32H2,1-2H3. The molecule has 41 heavy (non-hydrogen) atoms. The van der Waals surface area contributed by atoms with E-state index in [0.717, 1.165) is 25.7 Å². The molecule has 0 saturated carbocycles. The lowest BCUT2D eigenvalue weighted by atomic mass is 10.1. The van der Waals surface area contributed by atoms with Crippen molar-refractivity contribution in [1.29, 1.82) is 0 Å². The summed E-state index contributed by atoms with van der Waals surface area (Å²) in [6.45, 7) is 7.82. The summed E-state index contributed by atoms with van der Waals surface area (Å²) in [6, 6.07) is 0. The SMILES string of the molecule is CCCCCCCCCCCCOC(=O)CCN(CCOCCO)CCC(=O)OCCCCCCCCCCCC. The fraction of sp³-hybridized carbons (Fsp3) is 0.941. The van der Waals surface area contributed by atoms with Gasteiger partial charge in [-0.2, -0.15) is 0 Å². The van der Waals surface area contributed by atoms with Gasteiger partial charge in [0.25, 0.3) is 0 Å². The van der Waals surface area contributed by atoms with Gasteiger partial charge >= 0.3 is 11.9 Å². The van der Waals surface area contributed by atoms with Gasteiger partial charge in [-0.05, 0) is 12.8 Å². The molecule has 0 saturated heterocycles. The van der Waals surface area contributed by atoms with Crippen molar-refractivity contribution in [2.24, 2.45) is 0 Å². The van der Waals surface area contributed by atoms with Gasteiger partial charge < -0.3 is 19.3 Å². The van der Waals surface area contributed by atoms with Gasteiger partial charge in [0, 0.05) is 19.6 Å². The van der Waals surface area contributed by atoms with E-state index in [9.17, 15) is 9.59 Å². The van der Waals surface area contributed by atoms with Gasteiger partial charge in [0.05, 0.1) is 45.9 Å². The molecule has 0 heterocycles. The molecule has 0 aromatic rings. The van der Waals surface area contributed by atoms with Crippen LogP contribution < -0.4 is 0 Å². The van der Waals surface area contributed by atoms with Crippen LogP contribution in [0.1, 0.15) is 155 Å². The molecule has 0 atom stereocenters. The monoisotopic (exact) mass is 585 g/mol. The Morgan fingerprint density at radius 2 is 0.854 bits per heavy atom. The van der Waals surface area contributed by atoms with Crippen LogP contribution in [-0.4, -0.2) is 74.6 Å². The molecule has 0 rings (SSSR count). The second kappa shape index (κ2) is 33.3. The number of aliphatic hydroxyl groups excluding tert-OH is 1. The van der Waals surface area contributed by atoms with Gasteiger partial charge in [-0.3, -0.25) is 14.5 Å². The Bertz CT molecular complexity index is 517. The molecular weight excluding hydrogens is 518 g/mol. The number of unbranched alkanes of at least 4 members (excludes halogenated alkanes) is 18. The Balaban J connectivity index is 3.92. The molecule has 0 unspecified atom stereocenters. The summed E-state index contributed by atoms with van der Waals surface area (Å²) >= 11 is 0. The first-order chi connectivity index (χ1) is 20.1. The second-order valence-corrected chi connectivity index (χ2v) is 11.5. The van der Waals surface area contributed by atoms with E-state index >= 15 is 0 Å². The van der Waals surface area contributed by atoms with Crippen LogP contribution in [0.4, 0.5) is 0 Å². The molecule has 0 bridgehead atoms. The second-order valence-electron chi connectivity index (χ2n) is 11.5. The number of esters is 2. The van der Waals surface area contributed by atoms with Crippen molar-refractivity contribution in [2.75, 3.05) is 52.7 Å². The fourth-order valence-corrected chi connectivity index (χ4v) is 4.89. The number of nitrogens with zero attached hydrogens (tertiary/aromatic N) is 1. The quantitative estimate of drug-likeness (QED) is 0.0617. The molecule has 0 radical (unpaired) electrons. The van der Waals surface area contributed by atoms with E-state index in [1.165, 1.54) is 103 Å². The third-order valence-electron chi connectivity index (χ3n) is 7.57. The van der Waals surface area contributed by atoms with Crippen molar-refractivity contribution in [3.63, 3.8) is 0 Å². The molecular formula is C34H67NO6. The first kappa shape index (κ1) is 39.8. The minimum atomic E-state index is -0.189. The average molecular weight is 586 g/mol. The van der Waals surface area contributed by atoms with Crippen molar-refractivity contribution in [2.45, 2.75) is 155 Å². The number of carbonyl (C=O) groups is 2. The van der Waals surface area contributed by atoms with E-state index in [1.807, 2.05) is 4.90 Å². The topological polar surface area (TPSA) is 85.3 Å². The lowest BCUT2D eigenvalue weighted by Crippen LogP contribution is -2.33. The number of carbonyl (C=O) groups excluding carboxylic acids is 2. The van der Waals surface area contributed by atoms with E-state index in [2.05, 4.69) is 13.8 Å². The minimum Gasteiger partial charge on any atom is -0.466 e. The number of hydrogen-bond acceptors (Lipinski definition) is 7. The molecule has 0 aliphatic heterocycles. The molecule has 0 aromatic heterocycles. The maximum atomic E-state index is 12.2. The third kappa shape index (κ3) is 31.6. The molecule has 0 spiro atoms. The van der Waals surface area contributed by atoms with Crippen LogP contribution in [0.2, 0.25) is 0 Å². The zero-order valence-corrected chi connectivity index (χ0v) is 27.1. The van der Waals surface area contributed by atoms with E-state index < -0.39 is 0 Å². The van der Waals surface area contributed by atoms with Crippen LogP contribution in [0.5, 0.6) is 0 Å². The van der Waals surface area contributed by atoms with E-state index in [0.29, 0.717) is 52.3 Å². The van der Waals surface area contributed by atoms with E-state index in [1.54, 1.807) is 0 Å². The Hall–Kier alpha value is -1.18. The average Bonchev–Trinajstić information content (AvgIpc) is 2.97. The van der Waals surface area contributed by atoms with Crippen molar-refractivity contribution >= 4 is 11.9 Å². The highest BCUT2D eigenvalue weighted by molar-refractivity contribution is 5.70. The summed E-state index contributed by atoms with van der Waals surface area (Å²) < 4.78 is 16.3. The number of aliphatic hydroxyl groups is 1. The molecule has 7 heteroatoms. The smallest absolute Gasteiger partial charge is 0.307 e. The van der Waals surface area contributed by atoms with Crippen LogP contribution in [-0.2, 0) is 23.8 Å². The van der Waals surface area contributed by atoms with Crippen LogP contribution >= 0.6 is 0 Å². The highest BCUT2D eigenvalue weighted by Crippen LogP contribution is 2.12. The number of ether oxygens (including phenoxy) is 3. The number of hydrogen-bond donors (Lipinski definition) is 1. The molecule has 0 aliphatic rings. The van der Waals surface area contributed by atoms with Crippen molar-refractivity contribution < 1.29 is 28.9 Å². The lowest BCUT2D eigenvalue weighted by Gasteiger charge is -2.21. The van der Waals surface area contributed by atoms with Crippen LogP contribution in [0.15, 0.2) is 0 Å². The van der Waals surface area contributed by atoms with Crippen molar-refractivity contribution in [3.05, 3.63) is 0 Å². The molecule has 244 valence electrons. The Morgan fingerprint density at radius 1 is 0.488 bits per heavy atom. The summed E-state index contributed by atoms with van der Waals surface area (Å²) in [6.07, 6.45) is 25.7. The molecule has 7 nitrogen and oxygen atoms in total. The lowest BCUT2D eigenvalue weighted by molar-refractivity contribution is -0.144. The Morgan fingerprint density at radius 3 is 1.22 bits per heavy atom. The van der Waals surface area contributed by atoms with Gasteiger partial charge in [-0.1, -0.05) is 129 Å². The predicted octanol–water partition coefficient (Wildman–Crippen LogP) is 8.01. The highest BCUT2D eigenvalue weighted by atomic mass is 16.5. The fourth-order valence-electron chi connectivity index (χ4n) is 4.89. The van der Waals surface area contributed by atoms with Crippen molar-refractivity contribution in [3.8, 4) is 0 Å². The Kier molecular flexibility index (Phi) is 32.4. The van der Waals surface area contributed by atoms with Gasteiger partial charge in [0.2, 0.25) is 0 Å². The minimum absolute atomic E-state index is 0.0173. The maximum absolute atomic E-state index is 12.2. The Labute approximate surface area is 253 Å². The first-order valence-corrected chi connectivity index (χ1v) is 17.4.